The molecule has 1 aromatic rings. The monoisotopic (exact) mass is 240 g/mol. The van der Waals surface area contributed by atoms with Crippen molar-refractivity contribution in [3.05, 3.63) is 6.07 Å². The molecule has 0 saturated heterocycles. The summed E-state index contributed by atoms with van der Waals surface area (Å²) in [5.41, 5.74) is 0. The molecule has 1 N–H and O–H groups in total. The first kappa shape index (κ1) is 13.5. The average Bonchev–Trinajstić information content (AvgIpc) is 2.27. The van der Waals surface area contributed by atoms with Gasteiger partial charge in [-0.25, -0.2) is 0 Å². The zero-order chi connectivity index (χ0) is 12.8. The largest absolute Gasteiger partial charge is 0.481 e. The number of nitrogens with zero attached hydrogens (tertiary/aromatic N) is 3. The van der Waals surface area contributed by atoms with Gasteiger partial charge >= 0.3 is 0 Å². The number of ether oxygens (including phenoxy) is 2. The molecule has 0 aliphatic rings. The molecule has 1 heterocycles. The number of rotatable bonds is 6. The van der Waals surface area contributed by atoms with Crippen molar-refractivity contribution in [2.45, 2.75) is 13.0 Å². The van der Waals surface area contributed by atoms with E-state index in [0.29, 0.717) is 17.7 Å². The maximum Gasteiger partial charge on any atom is 0.229 e. The van der Waals surface area contributed by atoms with Gasteiger partial charge in [-0.15, -0.1) is 0 Å². The Balaban J connectivity index is 2.75. The fourth-order valence-electron chi connectivity index (χ4n) is 1.49. The number of aromatic nitrogens is 2. The first-order valence-corrected chi connectivity index (χ1v) is 5.43. The Bertz CT molecular complexity index is 335. The summed E-state index contributed by atoms with van der Waals surface area (Å²) in [6.07, 6.45) is 0. The highest BCUT2D eigenvalue weighted by atomic mass is 16.5. The van der Waals surface area contributed by atoms with E-state index in [-0.39, 0.29) is 6.04 Å². The van der Waals surface area contributed by atoms with Crippen LogP contribution >= 0.6 is 0 Å². The van der Waals surface area contributed by atoms with Crippen molar-refractivity contribution in [2.24, 2.45) is 0 Å². The molecule has 1 atom stereocenters. The van der Waals surface area contributed by atoms with Gasteiger partial charge in [0.2, 0.25) is 17.7 Å². The third-order valence-electron chi connectivity index (χ3n) is 2.11. The van der Waals surface area contributed by atoms with Gasteiger partial charge in [-0.3, -0.25) is 0 Å². The summed E-state index contributed by atoms with van der Waals surface area (Å²) in [5, 5.41) is 3.20. The van der Waals surface area contributed by atoms with E-state index in [2.05, 4.69) is 27.1 Å². The molecule has 1 rings (SSSR count). The molecule has 6 heteroatoms. The molecule has 1 unspecified atom stereocenters. The second kappa shape index (κ2) is 6.24. The van der Waals surface area contributed by atoms with Crippen LogP contribution in [0.3, 0.4) is 0 Å². The fraction of sp³-hybridized carbons (Fsp3) is 0.636. The van der Waals surface area contributed by atoms with Gasteiger partial charge in [0.05, 0.1) is 20.3 Å². The quantitative estimate of drug-likeness (QED) is 0.795. The zero-order valence-electron chi connectivity index (χ0n) is 11.0. The molecular weight excluding hydrogens is 220 g/mol. The van der Waals surface area contributed by atoms with Gasteiger partial charge < -0.3 is 19.7 Å². The molecule has 0 spiro atoms. The van der Waals surface area contributed by atoms with Crippen molar-refractivity contribution in [3.63, 3.8) is 0 Å². The summed E-state index contributed by atoms with van der Waals surface area (Å²) in [5.74, 6) is 1.48. The van der Waals surface area contributed by atoms with E-state index in [1.54, 1.807) is 20.3 Å². The van der Waals surface area contributed by atoms with E-state index in [1.165, 1.54) is 0 Å². The Morgan fingerprint density at radius 3 is 2.18 bits per heavy atom. The van der Waals surface area contributed by atoms with E-state index in [9.17, 15) is 0 Å². The molecular formula is C11H20N4O2. The van der Waals surface area contributed by atoms with Gasteiger partial charge in [0.25, 0.3) is 0 Å². The molecule has 0 fully saturated rings. The number of anilines is 1. The lowest BCUT2D eigenvalue weighted by Gasteiger charge is -2.18. The third kappa shape index (κ3) is 4.44. The van der Waals surface area contributed by atoms with Crippen LogP contribution in [-0.2, 0) is 0 Å². The Hall–Kier alpha value is -1.56. The number of nitrogens with one attached hydrogen (secondary N) is 1. The molecule has 0 aromatic carbocycles. The van der Waals surface area contributed by atoms with Crippen LogP contribution < -0.4 is 14.8 Å². The molecule has 0 amide bonds. The van der Waals surface area contributed by atoms with Crippen molar-refractivity contribution in [3.8, 4) is 11.8 Å². The molecule has 0 aliphatic heterocycles. The van der Waals surface area contributed by atoms with Crippen LogP contribution in [0.4, 0.5) is 5.95 Å². The minimum atomic E-state index is 0.238. The van der Waals surface area contributed by atoms with Gasteiger partial charge in [0.1, 0.15) is 0 Å². The van der Waals surface area contributed by atoms with Crippen molar-refractivity contribution < 1.29 is 9.47 Å². The highest BCUT2D eigenvalue weighted by Crippen LogP contribution is 2.17. The summed E-state index contributed by atoms with van der Waals surface area (Å²) in [6.45, 7) is 2.96. The number of likely N-dealkylation sites (N-methyl/N-ethyl adjacent to an activating group) is 1. The number of methoxy groups -OCH3 is 2. The maximum atomic E-state index is 5.08. The minimum Gasteiger partial charge on any atom is -0.481 e. The first-order valence-electron chi connectivity index (χ1n) is 5.43. The number of hydrogen-bond acceptors (Lipinski definition) is 6. The SMILES string of the molecule is COc1cc(OC)nc(NC(C)CN(C)C)n1. The number of hydrogen-bond donors (Lipinski definition) is 1. The summed E-state index contributed by atoms with van der Waals surface area (Å²) in [4.78, 5) is 10.5. The van der Waals surface area contributed by atoms with E-state index < -0.39 is 0 Å². The first-order chi connectivity index (χ1) is 8.05. The smallest absolute Gasteiger partial charge is 0.229 e. The second-order valence-corrected chi connectivity index (χ2v) is 4.08. The molecule has 0 saturated carbocycles. The van der Waals surface area contributed by atoms with Crippen LogP contribution in [0.2, 0.25) is 0 Å². The predicted octanol–water partition coefficient (Wildman–Crippen LogP) is 0.856. The van der Waals surface area contributed by atoms with Crippen LogP contribution in [0.1, 0.15) is 6.92 Å². The van der Waals surface area contributed by atoms with Crippen LogP contribution in [-0.4, -0.2) is 55.8 Å². The fourth-order valence-corrected chi connectivity index (χ4v) is 1.49. The normalized spacial score (nSPS) is 12.4. The van der Waals surface area contributed by atoms with Gasteiger partial charge in [-0.2, -0.15) is 9.97 Å². The van der Waals surface area contributed by atoms with Crippen molar-refractivity contribution in [1.29, 1.82) is 0 Å². The second-order valence-electron chi connectivity index (χ2n) is 4.08. The maximum absolute atomic E-state index is 5.08. The van der Waals surface area contributed by atoms with Gasteiger partial charge in [-0.05, 0) is 21.0 Å². The molecule has 6 nitrogen and oxygen atoms in total. The standard InChI is InChI=1S/C11H20N4O2/c1-8(7-15(2)3)12-11-13-9(16-4)6-10(14-11)17-5/h6,8H,7H2,1-5H3,(H,12,13,14). The van der Waals surface area contributed by atoms with Gasteiger partial charge in [0, 0.05) is 12.6 Å². The van der Waals surface area contributed by atoms with Gasteiger partial charge in [-0.1, -0.05) is 0 Å². The van der Waals surface area contributed by atoms with E-state index in [4.69, 9.17) is 9.47 Å². The topological polar surface area (TPSA) is 59.5 Å². The highest BCUT2D eigenvalue weighted by Gasteiger charge is 2.09. The molecule has 0 radical (unpaired) electrons. The Kier molecular flexibility index (Phi) is 4.96. The zero-order valence-corrected chi connectivity index (χ0v) is 11.0. The molecule has 1 aromatic heterocycles. The Morgan fingerprint density at radius 2 is 1.76 bits per heavy atom. The summed E-state index contributed by atoms with van der Waals surface area (Å²) in [7, 11) is 7.17. The molecule has 96 valence electrons. The van der Waals surface area contributed by atoms with E-state index in [1.807, 2.05) is 14.1 Å². The molecule has 0 bridgehead atoms. The minimum absolute atomic E-state index is 0.238. The lowest BCUT2D eigenvalue weighted by Crippen LogP contribution is -2.30. The van der Waals surface area contributed by atoms with Crippen molar-refractivity contribution >= 4 is 5.95 Å². The summed E-state index contributed by atoms with van der Waals surface area (Å²) >= 11 is 0. The molecule has 17 heavy (non-hydrogen) atoms. The Morgan fingerprint density at radius 1 is 1.24 bits per heavy atom. The van der Waals surface area contributed by atoms with Gasteiger partial charge in [0.15, 0.2) is 0 Å². The highest BCUT2D eigenvalue weighted by molar-refractivity contribution is 5.34. The predicted molar refractivity (Wildman–Crippen MR) is 66.8 cm³/mol. The van der Waals surface area contributed by atoms with E-state index in [0.717, 1.165) is 6.54 Å². The third-order valence-corrected chi connectivity index (χ3v) is 2.11. The Labute approximate surface area is 102 Å². The molecule has 0 aliphatic carbocycles. The van der Waals surface area contributed by atoms with Crippen LogP contribution in [0.15, 0.2) is 6.07 Å². The van der Waals surface area contributed by atoms with Crippen LogP contribution in [0.5, 0.6) is 11.8 Å². The lowest BCUT2D eigenvalue weighted by molar-refractivity contribution is 0.370. The average molecular weight is 240 g/mol. The summed E-state index contributed by atoms with van der Waals surface area (Å²) in [6, 6.07) is 1.88. The van der Waals surface area contributed by atoms with Crippen molar-refractivity contribution in [2.75, 3.05) is 40.2 Å². The lowest BCUT2D eigenvalue weighted by atomic mass is 10.3. The van der Waals surface area contributed by atoms with Crippen LogP contribution in [0.25, 0.3) is 0 Å². The van der Waals surface area contributed by atoms with Crippen LogP contribution in [0, 0.1) is 0 Å². The van der Waals surface area contributed by atoms with E-state index >= 15 is 0 Å². The summed E-state index contributed by atoms with van der Waals surface area (Å²) < 4.78 is 10.2. The van der Waals surface area contributed by atoms with Crippen molar-refractivity contribution in [1.82, 2.24) is 14.9 Å².